The number of oxazole rings is 1. The summed E-state index contributed by atoms with van der Waals surface area (Å²) < 4.78 is 6.59. The standard InChI is InChI=1S/C16H15BrN2O/c1-10(13-5-3-4-6-14(13)17)18-12-7-8-16-15(9-12)19-11(2)20-16/h3-10,18H,1-2H3. The van der Waals surface area contributed by atoms with Crippen molar-refractivity contribution in [3.8, 4) is 0 Å². The number of benzene rings is 2. The third-order valence-electron chi connectivity index (χ3n) is 3.25. The molecule has 0 saturated carbocycles. The second kappa shape index (κ2) is 5.29. The van der Waals surface area contributed by atoms with Crippen LogP contribution in [-0.2, 0) is 0 Å². The van der Waals surface area contributed by atoms with Gasteiger partial charge in [-0.25, -0.2) is 4.98 Å². The summed E-state index contributed by atoms with van der Waals surface area (Å²) in [5.41, 5.74) is 3.96. The number of anilines is 1. The van der Waals surface area contributed by atoms with Crippen LogP contribution >= 0.6 is 15.9 Å². The third kappa shape index (κ3) is 2.56. The largest absolute Gasteiger partial charge is 0.441 e. The highest BCUT2D eigenvalue weighted by atomic mass is 79.9. The smallest absolute Gasteiger partial charge is 0.192 e. The molecule has 1 aromatic heterocycles. The minimum absolute atomic E-state index is 0.205. The summed E-state index contributed by atoms with van der Waals surface area (Å²) in [6, 6.07) is 14.4. The molecule has 102 valence electrons. The Hall–Kier alpha value is -1.81. The van der Waals surface area contributed by atoms with E-state index in [0.717, 1.165) is 21.3 Å². The van der Waals surface area contributed by atoms with E-state index in [4.69, 9.17) is 4.42 Å². The van der Waals surface area contributed by atoms with E-state index in [1.807, 2.05) is 37.3 Å². The van der Waals surface area contributed by atoms with Gasteiger partial charge < -0.3 is 9.73 Å². The zero-order chi connectivity index (χ0) is 14.1. The zero-order valence-electron chi connectivity index (χ0n) is 11.4. The first-order valence-corrected chi connectivity index (χ1v) is 7.31. The third-order valence-corrected chi connectivity index (χ3v) is 3.97. The molecule has 1 atom stereocenters. The molecule has 3 rings (SSSR count). The lowest BCUT2D eigenvalue weighted by atomic mass is 10.1. The van der Waals surface area contributed by atoms with Crippen LogP contribution in [0.1, 0.15) is 24.4 Å². The van der Waals surface area contributed by atoms with Crippen molar-refractivity contribution in [2.24, 2.45) is 0 Å². The van der Waals surface area contributed by atoms with Crippen LogP contribution in [0.3, 0.4) is 0 Å². The van der Waals surface area contributed by atoms with E-state index in [-0.39, 0.29) is 6.04 Å². The van der Waals surface area contributed by atoms with Crippen molar-refractivity contribution >= 4 is 32.7 Å². The predicted octanol–water partition coefficient (Wildman–Crippen LogP) is 5.07. The average molecular weight is 331 g/mol. The summed E-state index contributed by atoms with van der Waals surface area (Å²) in [5.74, 6) is 0.691. The molecule has 0 spiro atoms. The number of nitrogens with one attached hydrogen (secondary N) is 1. The minimum Gasteiger partial charge on any atom is -0.441 e. The van der Waals surface area contributed by atoms with Crippen LogP contribution in [0.15, 0.2) is 51.4 Å². The van der Waals surface area contributed by atoms with E-state index in [0.29, 0.717) is 5.89 Å². The summed E-state index contributed by atoms with van der Waals surface area (Å²) in [4.78, 5) is 4.36. The minimum atomic E-state index is 0.205. The lowest BCUT2D eigenvalue weighted by molar-refractivity contribution is 0.561. The van der Waals surface area contributed by atoms with Crippen LogP contribution in [0.4, 0.5) is 5.69 Å². The molecule has 1 N–H and O–H groups in total. The molecule has 0 saturated heterocycles. The molecule has 1 heterocycles. The molecule has 0 amide bonds. The number of nitrogens with zero attached hydrogens (tertiary/aromatic N) is 1. The quantitative estimate of drug-likeness (QED) is 0.728. The number of fused-ring (bicyclic) bond motifs is 1. The van der Waals surface area contributed by atoms with Crippen molar-refractivity contribution in [2.75, 3.05) is 5.32 Å². The molecule has 20 heavy (non-hydrogen) atoms. The van der Waals surface area contributed by atoms with E-state index in [1.165, 1.54) is 5.56 Å². The maximum absolute atomic E-state index is 5.49. The lowest BCUT2D eigenvalue weighted by Crippen LogP contribution is -2.07. The van der Waals surface area contributed by atoms with Crippen LogP contribution in [-0.4, -0.2) is 4.98 Å². The zero-order valence-corrected chi connectivity index (χ0v) is 12.9. The Balaban J connectivity index is 1.87. The van der Waals surface area contributed by atoms with Gasteiger partial charge in [0.05, 0.1) is 0 Å². The number of halogens is 1. The number of hydrogen-bond donors (Lipinski definition) is 1. The van der Waals surface area contributed by atoms with Gasteiger partial charge in [0.2, 0.25) is 0 Å². The first kappa shape index (κ1) is 13.2. The highest BCUT2D eigenvalue weighted by molar-refractivity contribution is 9.10. The topological polar surface area (TPSA) is 38.1 Å². The molecular weight excluding hydrogens is 316 g/mol. The Morgan fingerprint density at radius 2 is 2.00 bits per heavy atom. The van der Waals surface area contributed by atoms with Gasteiger partial charge >= 0.3 is 0 Å². The molecule has 0 aliphatic heterocycles. The van der Waals surface area contributed by atoms with Crippen LogP contribution in [0.5, 0.6) is 0 Å². The molecular formula is C16H15BrN2O. The molecule has 0 aliphatic carbocycles. The van der Waals surface area contributed by atoms with Crippen molar-refractivity contribution < 1.29 is 4.42 Å². The highest BCUT2D eigenvalue weighted by Gasteiger charge is 2.10. The van der Waals surface area contributed by atoms with Gasteiger partial charge in [-0.2, -0.15) is 0 Å². The van der Waals surface area contributed by atoms with Crippen molar-refractivity contribution in [3.05, 3.63) is 58.4 Å². The SMILES string of the molecule is Cc1nc2cc(NC(C)c3ccccc3Br)ccc2o1. The highest BCUT2D eigenvalue weighted by Crippen LogP contribution is 2.27. The van der Waals surface area contributed by atoms with Gasteiger partial charge in [-0.15, -0.1) is 0 Å². The Morgan fingerprint density at radius 1 is 1.20 bits per heavy atom. The van der Waals surface area contributed by atoms with Crippen molar-refractivity contribution in [3.63, 3.8) is 0 Å². The van der Waals surface area contributed by atoms with Gasteiger partial charge in [0, 0.05) is 23.1 Å². The monoisotopic (exact) mass is 330 g/mol. The van der Waals surface area contributed by atoms with Crippen LogP contribution in [0.25, 0.3) is 11.1 Å². The fourth-order valence-electron chi connectivity index (χ4n) is 2.29. The van der Waals surface area contributed by atoms with Gasteiger partial charge in [-0.1, -0.05) is 34.1 Å². The Bertz CT molecular complexity index is 751. The summed E-state index contributed by atoms with van der Waals surface area (Å²) in [7, 11) is 0. The van der Waals surface area contributed by atoms with Crippen LogP contribution in [0.2, 0.25) is 0 Å². The van der Waals surface area contributed by atoms with Gasteiger partial charge in [-0.3, -0.25) is 0 Å². The van der Waals surface area contributed by atoms with E-state index < -0.39 is 0 Å². The molecule has 0 fully saturated rings. The second-order valence-corrected chi connectivity index (χ2v) is 5.66. The van der Waals surface area contributed by atoms with Crippen molar-refractivity contribution in [2.45, 2.75) is 19.9 Å². The fraction of sp³-hybridized carbons (Fsp3) is 0.188. The first-order chi connectivity index (χ1) is 9.63. The van der Waals surface area contributed by atoms with E-state index >= 15 is 0 Å². The van der Waals surface area contributed by atoms with E-state index in [2.05, 4.69) is 45.3 Å². The maximum Gasteiger partial charge on any atom is 0.192 e. The molecule has 0 bridgehead atoms. The molecule has 4 heteroatoms. The molecule has 3 aromatic rings. The van der Waals surface area contributed by atoms with Crippen molar-refractivity contribution in [1.29, 1.82) is 0 Å². The van der Waals surface area contributed by atoms with Crippen LogP contribution in [0, 0.1) is 6.92 Å². The molecule has 0 aliphatic rings. The van der Waals surface area contributed by atoms with Crippen LogP contribution < -0.4 is 5.32 Å². The summed E-state index contributed by atoms with van der Waals surface area (Å²) in [6.07, 6.45) is 0. The summed E-state index contributed by atoms with van der Waals surface area (Å²) >= 11 is 3.59. The Kier molecular flexibility index (Phi) is 3.49. The van der Waals surface area contributed by atoms with Gasteiger partial charge in [0.1, 0.15) is 5.52 Å². The molecule has 2 aromatic carbocycles. The summed E-state index contributed by atoms with van der Waals surface area (Å²) in [6.45, 7) is 4.00. The normalized spacial score (nSPS) is 12.6. The van der Waals surface area contributed by atoms with Gasteiger partial charge in [-0.05, 0) is 36.8 Å². The van der Waals surface area contributed by atoms with Crippen molar-refractivity contribution in [1.82, 2.24) is 4.98 Å². The molecule has 0 radical (unpaired) electrons. The maximum atomic E-state index is 5.49. The van der Waals surface area contributed by atoms with Gasteiger partial charge in [0.15, 0.2) is 11.5 Å². The lowest BCUT2D eigenvalue weighted by Gasteiger charge is -2.17. The molecule has 1 unspecified atom stereocenters. The number of aryl methyl sites for hydroxylation is 1. The second-order valence-electron chi connectivity index (χ2n) is 4.80. The Morgan fingerprint density at radius 3 is 2.80 bits per heavy atom. The number of rotatable bonds is 3. The number of aromatic nitrogens is 1. The first-order valence-electron chi connectivity index (χ1n) is 6.51. The van der Waals surface area contributed by atoms with E-state index in [1.54, 1.807) is 0 Å². The predicted molar refractivity (Wildman–Crippen MR) is 84.9 cm³/mol. The average Bonchev–Trinajstić information content (AvgIpc) is 2.78. The molecule has 3 nitrogen and oxygen atoms in total. The summed E-state index contributed by atoms with van der Waals surface area (Å²) in [5, 5.41) is 3.49. The Labute approximate surface area is 126 Å². The number of hydrogen-bond acceptors (Lipinski definition) is 3. The fourth-order valence-corrected chi connectivity index (χ4v) is 2.91. The van der Waals surface area contributed by atoms with Gasteiger partial charge in [0.25, 0.3) is 0 Å². The van der Waals surface area contributed by atoms with E-state index in [9.17, 15) is 0 Å².